The maximum atomic E-state index is 12.6. The number of hydrogen-bond donors (Lipinski definition) is 2. The third-order valence-corrected chi connectivity index (χ3v) is 4.18. The van der Waals surface area contributed by atoms with Gasteiger partial charge < -0.3 is 19.7 Å². The van der Waals surface area contributed by atoms with Crippen LogP contribution in [-0.4, -0.2) is 45.9 Å². The molecule has 6 nitrogen and oxygen atoms in total. The van der Waals surface area contributed by atoms with Gasteiger partial charge in [0.1, 0.15) is 0 Å². The Morgan fingerprint density at radius 2 is 2.22 bits per heavy atom. The van der Waals surface area contributed by atoms with Crippen LogP contribution in [0, 0.1) is 6.92 Å². The van der Waals surface area contributed by atoms with Crippen LogP contribution in [-0.2, 0) is 4.74 Å². The number of hydrogen-bond acceptors (Lipinski definition) is 4. The second kappa shape index (κ2) is 6.52. The molecule has 0 radical (unpaired) electrons. The highest BCUT2D eigenvalue weighted by Gasteiger charge is 2.30. The number of carbonyl (C=O) groups excluding carboxylic acids is 1. The van der Waals surface area contributed by atoms with Gasteiger partial charge in [-0.2, -0.15) is 0 Å². The molecular weight excluding hydrogens is 294 g/mol. The van der Waals surface area contributed by atoms with Crippen molar-refractivity contribution < 1.29 is 14.6 Å². The molecule has 1 aliphatic heterocycles. The van der Waals surface area contributed by atoms with E-state index in [0.717, 1.165) is 11.3 Å². The van der Waals surface area contributed by atoms with Gasteiger partial charge in [0.05, 0.1) is 23.2 Å². The molecule has 23 heavy (non-hydrogen) atoms. The van der Waals surface area contributed by atoms with Crippen molar-refractivity contribution in [3.8, 4) is 5.69 Å². The molecule has 1 saturated heterocycles. The van der Waals surface area contributed by atoms with E-state index in [2.05, 4.69) is 10.3 Å². The van der Waals surface area contributed by atoms with Crippen LogP contribution in [0.1, 0.15) is 28.8 Å². The van der Waals surface area contributed by atoms with Crippen LogP contribution >= 0.6 is 0 Å². The van der Waals surface area contributed by atoms with Crippen molar-refractivity contribution in [3.05, 3.63) is 48.0 Å². The van der Waals surface area contributed by atoms with Gasteiger partial charge in [0.25, 0.3) is 5.91 Å². The number of amides is 1. The minimum atomic E-state index is -0.882. The summed E-state index contributed by atoms with van der Waals surface area (Å²) in [4.78, 5) is 16.6. The highest BCUT2D eigenvalue weighted by atomic mass is 16.5. The van der Waals surface area contributed by atoms with Crippen molar-refractivity contribution in [2.75, 3.05) is 19.8 Å². The molecule has 6 heteroatoms. The summed E-state index contributed by atoms with van der Waals surface area (Å²) in [5.41, 5.74) is 1.46. The smallest absolute Gasteiger partial charge is 0.253 e. The van der Waals surface area contributed by atoms with Gasteiger partial charge >= 0.3 is 0 Å². The lowest BCUT2D eigenvalue weighted by Crippen LogP contribution is -2.46. The molecule has 1 aromatic carbocycles. The fourth-order valence-electron chi connectivity index (χ4n) is 2.73. The topological polar surface area (TPSA) is 76.4 Å². The van der Waals surface area contributed by atoms with Gasteiger partial charge in [-0.05, 0) is 19.1 Å². The average molecular weight is 315 g/mol. The standard InChI is InChI=1S/C17H21N3O3/c1-13-2-3-15(20-7-6-18-12-20)14(10-13)16(21)19-11-17(22)4-8-23-9-5-17/h2-3,6-7,10,12,22H,4-5,8-9,11H2,1H3,(H,19,21). The van der Waals surface area contributed by atoms with Crippen molar-refractivity contribution in [1.82, 2.24) is 14.9 Å². The quantitative estimate of drug-likeness (QED) is 0.895. The van der Waals surface area contributed by atoms with Crippen molar-refractivity contribution >= 4 is 5.91 Å². The highest BCUT2D eigenvalue weighted by molar-refractivity contribution is 5.98. The zero-order chi connectivity index (χ0) is 16.3. The van der Waals surface area contributed by atoms with Gasteiger partial charge in [-0.1, -0.05) is 11.6 Å². The van der Waals surface area contributed by atoms with E-state index >= 15 is 0 Å². The van der Waals surface area contributed by atoms with Crippen LogP contribution in [0.25, 0.3) is 5.69 Å². The summed E-state index contributed by atoms with van der Waals surface area (Å²) >= 11 is 0. The molecule has 0 atom stereocenters. The van der Waals surface area contributed by atoms with Gasteiger partial charge in [-0.15, -0.1) is 0 Å². The van der Waals surface area contributed by atoms with Crippen LogP contribution in [0.3, 0.4) is 0 Å². The van der Waals surface area contributed by atoms with Crippen molar-refractivity contribution in [2.24, 2.45) is 0 Å². The van der Waals surface area contributed by atoms with Crippen molar-refractivity contribution in [3.63, 3.8) is 0 Å². The number of ether oxygens (including phenoxy) is 1. The first-order chi connectivity index (χ1) is 11.1. The number of rotatable bonds is 4. The number of imidazole rings is 1. The molecule has 0 saturated carbocycles. The third kappa shape index (κ3) is 3.60. The molecule has 1 amide bonds. The first kappa shape index (κ1) is 15.7. The molecule has 122 valence electrons. The molecular formula is C17H21N3O3. The molecule has 0 aliphatic carbocycles. The van der Waals surface area contributed by atoms with Gasteiger partial charge in [-0.25, -0.2) is 4.98 Å². The summed E-state index contributed by atoms with van der Waals surface area (Å²) in [5, 5.41) is 13.3. The molecule has 1 aromatic heterocycles. The average Bonchev–Trinajstić information content (AvgIpc) is 3.07. The number of nitrogens with one attached hydrogen (secondary N) is 1. The fourth-order valence-corrected chi connectivity index (χ4v) is 2.73. The Labute approximate surface area is 135 Å². The van der Waals surface area contributed by atoms with E-state index in [1.165, 1.54) is 0 Å². The second-order valence-electron chi connectivity index (χ2n) is 6.01. The minimum absolute atomic E-state index is 0.197. The van der Waals surface area contributed by atoms with Crippen LogP contribution in [0.2, 0.25) is 0 Å². The maximum Gasteiger partial charge on any atom is 0.253 e. The van der Waals surface area contributed by atoms with Gasteiger partial charge in [0, 0.05) is 45.0 Å². The molecule has 0 spiro atoms. The number of aryl methyl sites for hydroxylation is 1. The molecule has 0 bridgehead atoms. The predicted octanol–water partition coefficient (Wildman–Crippen LogP) is 1.45. The molecule has 2 heterocycles. The second-order valence-corrected chi connectivity index (χ2v) is 6.01. The molecule has 1 fully saturated rings. The molecule has 0 unspecified atom stereocenters. The highest BCUT2D eigenvalue weighted by Crippen LogP contribution is 2.20. The predicted molar refractivity (Wildman–Crippen MR) is 85.6 cm³/mol. The van der Waals surface area contributed by atoms with Gasteiger partial charge in [-0.3, -0.25) is 4.79 Å². The van der Waals surface area contributed by atoms with E-state index in [1.807, 2.05) is 25.1 Å². The summed E-state index contributed by atoms with van der Waals surface area (Å²) < 4.78 is 7.06. The molecule has 1 aliphatic rings. The number of nitrogens with zero attached hydrogens (tertiary/aromatic N) is 2. The molecule has 2 N–H and O–H groups in total. The van der Waals surface area contributed by atoms with Crippen molar-refractivity contribution in [2.45, 2.75) is 25.4 Å². The van der Waals surface area contributed by atoms with E-state index in [0.29, 0.717) is 31.6 Å². The zero-order valence-electron chi connectivity index (χ0n) is 13.2. The first-order valence-electron chi connectivity index (χ1n) is 7.75. The SMILES string of the molecule is Cc1ccc(-n2ccnc2)c(C(=O)NCC2(O)CCOCC2)c1. The first-order valence-corrected chi connectivity index (χ1v) is 7.75. The zero-order valence-corrected chi connectivity index (χ0v) is 13.2. The minimum Gasteiger partial charge on any atom is -0.388 e. The third-order valence-electron chi connectivity index (χ3n) is 4.18. The number of aliphatic hydroxyl groups is 1. The summed E-state index contributed by atoms with van der Waals surface area (Å²) in [6, 6.07) is 5.70. The van der Waals surface area contributed by atoms with Gasteiger partial charge in [0.2, 0.25) is 0 Å². The van der Waals surface area contributed by atoms with Crippen LogP contribution in [0.5, 0.6) is 0 Å². The lowest BCUT2D eigenvalue weighted by molar-refractivity contribution is -0.0605. The normalized spacial score (nSPS) is 17.0. The van der Waals surface area contributed by atoms with E-state index in [4.69, 9.17) is 4.74 Å². The Kier molecular flexibility index (Phi) is 4.45. The van der Waals surface area contributed by atoms with Gasteiger partial charge in [0.15, 0.2) is 0 Å². The van der Waals surface area contributed by atoms with Crippen LogP contribution < -0.4 is 5.32 Å². The summed E-state index contributed by atoms with van der Waals surface area (Å²) in [6.45, 7) is 3.22. The summed E-state index contributed by atoms with van der Waals surface area (Å²) in [5.74, 6) is -0.197. The lowest BCUT2D eigenvalue weighted by atomic mass is 9.94. The lowest BCUT2D eigenvalue weighted by Gasteiger charge is -2.32. The number of aromatic nitrogens is 2. The Hall–Kier alpha value is -2.18. The van der Waals surface area contributed by atoms with E-state index in [-0.39, 0.29) is 12.5 Å². The van der Waals surface area contributed by atoms with Crippen LogP contribution in [0.4, 0.5) is 0 Å². The maximum absolute atomic E-state index is 12.6. The van der Waals surface area contributed by atoms with E-state index < -0.39 is 5.60 Å². The number of benzene rings is 1. The Bertz CT molecular complexity index is 676. The van der Waals surface area contributed by atoms with Crippen LogP contribution in [0.15, 0.2) is 36.9 Å². The van der Waals surface area contributed by atoms with E-state index in [1.54, 1.807) is 23.3 Å². The number of carbonyl (C=O) groups is 1. The monoisotopic (exact) mass is 315 g/mol. The summed E-state index contributed by atoms with van der Waals surface area (Å²) in [7, 11) is 0. The summed E-state index contributed by atoms with van der Waals surface area (Å²) in [6.07, 6.45) is 6.21. The van der Waals surface area contributed by atoms with E-state index in [9.17, 15) is 9.90 Å². The molecule has 3 rings (SSSR count). The Morgan fingerprint density at radius 1 is 1.43 bits per heavy atom. The molecule has 2 aromatic rings. The van der Waals surface area contributed by atoms with Crippen molar-refractivity contribution in [1.29, 1.82) is 0 Å². The largest absolute Gasteiger partial charge is 0.388 e. The fraction of sp³-hybridized carbons (Fsp3) is 0.412. The Balaban J connectivity index is 1.78. The Morgan fingerprint density at radius 3 is 2.91 bits per heavy atom.